The zero-order valence-electron chi connectivity index (χ0n) is 10.8. The second kappa shape index (κ2) is 5.71. The molecular weight excluding hydrogens is 364 g/mol. The monoisotopic (exact) mass is 374 g/mol. The predicted octanol–water partition coefficient (Wildman–Crippen LogP) is 3.92. The quantitative estimate of drug-likeness (QED) is 0.827. The van der Waals surface area contributed by atoms with Gasteiger partial charge in [0.1, 0.15) is 10.0 Å². The molecule has 2 rings (SSSR count). The maximum absolute atomic E-state index is 12.4. The van der Waals surface area contributed by atoms with Crippen LogP contribution in [0.2, 0.25) is 5.15 Å². The molecule has 0 aliphatic heterocycles. The lowest BCUT2D eigenvalue weighted by molar-refractivity contribution is 0.600. The molecule has 0 saturated carbocycles. The van der Waals surface area contributed by atoms with Crippen LogP contribution in [0.1, 0.15) is 11.3 Å². The van der Waals surface area contributed by atoms with Crippen LogP contribution in [0.25, 0.3) is 0 Å². The van der Waals surface area contributed by atoms with Gasteiger partial charge in [0.05, 0.1) is 11.4 Å². The van der Waals surface area contributed by atoms with Crippen molar-refractivity contribution in [3.05, 3.63) is 51.2 Å². The summed E-state index contributed by atoms with van der Waals surface area (Å²) < 4.78 is 27.8. The van der Waals surface area contributed by atoms with E-state index < -0.39 is 10.0 Å². The third-order valence-electron chi connectivity index (χ3n) is 2.67. The second-order valence-corrected chi connectivity index (χ2v) is 7.20. The molecular formula is C13H12BrClN2O2S. The Labute approximate surface area is 131 Å². The minimum absolute atomic E-state index is 0.178. The highest BCUT2D eigenvalue weighted by atomic mass is 79.9. The summed E-state index contributed by atoms with van der Waals surface area (Å²) in [5.74, 6) is 0. The van der Waals surface area contributed by atoms with Crippen molar-refractivity contribution in [3.8, 4) is 0 Å². The lowest BCUT2D eigenvalue weighted by atomic mass is 10.2. The highest BCUT2D eigenvalue weighted by molar-refractivity contribution is 9.10. The number of aromatic nitrogens is 1. The first-order valence-electron chi connectivity index (χ1n) is 5.72. The van der Waals surface area contributed by atoms with Gasteiger partial charge in [0.2, 0.25) is 0 Å². The van der Waals surface area contributed by atoms with Crippen molar-refractivity contribution < 1.29 is 8.42 Å². The molecule has 7 heteroatoms. The topological polar surface area (TPSA) is 59.1 Å². The van der Waals surface area contributed by atoms with Gasteiger partial charge >= 0.3 is 0 Å². The molecule has 1 N–H and O–H groups in total. The fourth-order valence-corrected chi connectivity index (χ4v) is 4.16. The summed E-state index contributed by atoms with van der Waals surface area (Å²) >= 11 is 9.02. The van der Waals surface area contributed by atoms with Crippen LogP contribution in [0.3, 0.4) is 0 Å². The van der Waals surface area contributed by atoms with E-state index in [0.717, 1.165) is 5.56 Å². The fraction of sp³-hybridized carbons (Fsp3) is 0.154. The molecule has 0 saturated heterocycles. The minimum atomic E-state index is -3.68. The van der Waals surface area contributed by atoms with Gasteiger partial charge in [-0.2, -0.15) is 0 Å². The zero-order chi connectivity index (χ0) is 14.9. The fourth-order valence-electron chi connectivity index (χ4n) is 1.66. The third-order valence-corrected chi connectivity index (χ3v) is 5.23. The van der Waals surface area contributed by atoms with Crippen molar-refractivity contribution in [1.82, 2.24) is 4.98 Å². The van der Waals surface area contributed by atoms with Crippen LogP contribution in [-0.2, 0) is 10.0 Å². The first-order chi connectivity index (χ1) is 9.29. The van der Waals surface area contributed by atoms with Gasteiger partial charge in [-0.15, -0.1) is 0 Å². The zero-order valence-corrected chi connectivity index (χ0v) is 14.0. The van der Waals surface area contributed by atoms with Crippen molar-refractivity contribution in [2.24, 2.45) is 0 Å². The van der Waals surface area contributed by atoms with E-state index in [2.05, 4.69) is 25.6 Å². The number of anilines is 1. The van der Waals surface area contributed by atoms with Gasteiger partial charge < -0.3 is 0 Å². The van der Waals surface area contributed by atoms with Crippen molar-refractivity contribution in [2.45, 2.75) is 18.7 Å². The molecule has 20 heavy (non-hydrogen) atoms. The number of benzene rings is 1. The molecule has 1 aromatic heterocycles. The van der Waals surface area contributed by atoms with Gasteiger partial charge in [0.15, 0.2) is 0 Å². The number of halogens is 2. The van der Waals surface area contributed by atoms with E-state index in [0.29, 0.717) is 21.0 Å². The van der Waals surface area contributed by atoms with E-state index in [1.807, 2.05) is 6.92 Å². The van der Waals surface area contributed by atoms with E-state index in [4.69, 9.17) is 11.6 Å². The lowest BCUT2D eigenvalue weighted by Crippen LogP contribution is -2.14. The molecule has 0 unspecified atom stereocenters. The van der Waals surface area contributed by atoms with Crippen LogP contribution in [0.5, 0.6) is 0 Å². The number of aryl methyl sites for hydroxylation is 2. The van der Waals surface area contributed by atoms with E-state index >= 15 is 0 Å². The summed E-state index contributed by atoms with van der Waals surface area (Å²) in [5, 5.41) is 0.321. The van der Waals surface area contributed by atoms with Crippen LogP contribution in [0.4, 0.5) is 5.69 Å². The standard InChI is InChI=1S/C13H12BrClN2O2S/c1-8-3-5-12(10(14)7-8)20(18,19)17-11-4-6-13(15)16-9(11)2/h3-7,17H,1-2H3. The van der Waals surface area contributed by atoms with E-state index in [1.54, 1.807) is 31.2 Å². The Morgan fingerprint density at radius 3 is 2.50 bits per heavy atom. The summed E-state index contributed by atoms with van der Waals surface area (Å²) in [6, 6.07) is 8.18. The lowest BCUT2D eigenvalue weighted by Gasteiger charge is -2.11. The number of hydrogen-bond donors (Lipinski definition) is 1. The van der Waals surface area contributed by atoms with E-state index in [-0.39, 0.29) is 4.90 Å². The molecule has 4 nitrogen and oxygen atoms in total. The Morgan fingerprint density at radius 1 is 1.20 bits per heavy atom. The largest absolute Gasteiger partial charge is 0.278 e. The van der Waals surface area contributed by atoms with Gasteiger partial charge in [0.25, 0.3) is 10.0 Å². The Hall–Kier alpha value is -1.11. The number of nitrogens with one attached hydrogen (secondary N) is 1. The highest BCUT2D eigenvalue weighted by Gasteiger charge is 2.18. The molecule has 2 aromatic rings. The van der Waals surface area contributed by atoms with Crippen molar-refractivity contribution in [2.75, 3.05) is 4.72 Å². The average molecular weight is 376 g/mol. The smallest absolute Gasteiger partial charge is 0.263 e. The molecule has 0 fully saturated rings. The number of sulfonamides is 1. The first-order valence-corrected chi connectivity index (χ1v) is 8.37. The van der Waals surface area contributed by atoms with Crippen LogP contribution in [-0.4, -0.2) is 13.4 Å². The second-order valence-electron chi connectivity index (χ2n) is 4.31. The highest BCUT2D eigenvalue weighted by Crippen LogP contribution is 2.26. The van der Waals surface area contributed by atoms with Gasteiger partial charge in [0, 0.05) is 4.47 Å². The van der Waals surface area contributed by atoms with Crippen molar-refractivity contribution in [3.63, 3.8) is 0 Å². The Bertz CT molecular complexity index is 763. The van der Waals surface area contributed by atoms with E-state index in [9.17, 15) is 8.42 Å². The van der Waals surface area contributed by atoms with Crippen LogP contribution in [0, 0.1) is 13.8 Å². The number of rotatable bonds is 3. The van der Waals surface area contributed by atoms with Crippen molar-refractivity contribution in [1.29, 1.82) is 0 Å². The maximum atomic E-state index is 12.4. The Kier molecular flexibility index (Phi) is 4.36. The molecule has 1 heterocycles. The SMILES string of the molecule is Cc1ccc(S(=O)(=O)Nc2ccc(Cl)nc2C)c(Br)c1. The molecule has 0 spiro atoms. The molecule has 106 valence electrons. The van der Waals surface area contributed by atoms with Crippen LogP contribution < -0.4 is 4.72 Å². The van der Waals surface area contributed by atoms with E-state index in [1.165, 1.54) is 6.07 Å². The summed E-state index contributed by atoms with van der Waals surface area (Å²) in [6.07, 6.45) is 0. The maximum Gasteiger partial charge on any atom is 0.263 e. The van der Waals surface area contributed by atoms with Crippen LogP contribution >= 0.6 is 27.5 Å². The molecule has 0 aliphatic carbocycles. The molecule has 0 aliphatic rings. The summed E-state index contributed by atoms with van der Waals surface area (Å²) in [7, 11) is -3.68. The minimum Gasteiger partial charge on any atom is -0.278 e. The molecule has 0 radical (unpaired) electrons. The third kappa shape index (κ3) is 3.31. The number of nitrogens with zero attached hydrogens (tertiary/aromatic N) is 1. The van der Waals surface area contributed by atoms with Gasteiger partial charge in [-0.1, -0.05) is 17.7 Å². The normalized spacial score (nSPS) is 11.4. The summed E-state index contributed by atoms with van der Waals surface area (Å²) in [4.78, 5) is 4.19. The first kappa shape index (κ1) is 15.3. The molecule has 1 aromatic carbocycles. The Morgan fingerprint density at radius 2 is 1.90 bits per heavy atom. The predicted molar refractivity (Wildman–Crippen MR) is 83.7 cm³/mol. The number of hydrogen-bond acceptors (Lipinski definition) is 3. The summed E-state index contributed by atoms with van der Waals surface area (Å²) in [6.45, 7) is 3.58. The van der Waals surface area contributed by atoms with Gasteiger partial charge in [-0.25, -0.2) is 13.4 Å². The van der Waals surface area contributed by atoms with Crippen LogP contribution in [0.15, 0.2) is 39.7 Å². The van der Waals surface area contributed by atoms with Crippen molar-refractivity contribution >= 4 is 43.2 Å². The summed E-state index contributed by atoms with van der Waals surface area (Å²) in [5.41, 5.74) is 1.89. The van der Waals surface area contributed by atoms with Gasteiger partial charge in [-0.05, 0) is 59.6 Å². The average Bonchev–Trinajstić information content (AvgIpc) is 2.32. The molecule has 0 bridgehead atoms. The Balaban J connectivity index is 2.41. The van der Waals surface area contributed by atoms with Gasteiger partial charge in [-0.3, -0.25) is 4.72 Å². The molecule has 0 amide bonds. The number of pyridine rings is 1. The molecule has 0 atom stereocenters.